The number of aryl methyl sites for hydroxylation is 1. The quantitative estimate of drug-likeness (QED) is 0.828. The summed E-state index contributed by atoms with van der Waals surface area (Å²) in [6.07, 6.45) is 0.145. The van der Waals surface area contributed by atoms with E-state index in [0.717, 1.165) is 43.8 Å². The number of likely N-dealkylation sites (tertiary alicyclic amines) is 1. The van der Waals surface area contributed by atoms with E-state index >= 15 is 0 Å². The molecule has 0 atom stereocenters. The van der Waals surface area contributed by atoms with Crippen molar-refractivity contribution in [2.45, 2.75) is 39.0 Å². The number of rotatable bonds is 4. The second-order valence-corrected chi connectivity index (χ2v) is 7.65. The van der Waals surface area contributed by atoms with Crippen LogP contribution in [0.1, 0.15) is 28.4 Å². The van der Waals surface area contributed by atoms with E-state index in [0.29, 0.717) is 12.6 Å². The van der Waals surface area contributed by atoms with Crippen LogP contribution in [0.5, 0.6) is 0 Å². The van der Waals surface area contributed by atoms with Gasteiger partial charge >= 0.3 is 6.18 Å². The predicted molar refractivity (Wildman–Crippen MR) is 88.4 cm³/mol. The van der Waals surface area contributed by atoms with Gasteiger partial charge in [0.25, 0.3) is 5.56 Å². The summed E-state index contributed by atoms with van der Waals surface area (Å²) in [6, 6.07) is 0.571. The molecule has 3 rings (SSSR count). The zero-order chi connectivity index (χ0) is 18.0. The van der Waals surface area contributed by atoms with Crippen LogP contribution in [0.15, 0.2) is 23.4 Å². The predicted octanol–water partition coefficient (Wildman–Crippen LogP) is 2.94. The number of thiazole rings is 1. The average Bonchev–Trinajstić information content (AvgIpc) is 2.95. The van der Waals surface area contributed by atoms with Crippen LogP contribution in [0, 0.1) is 12.8 Å². The summed E-state index contributed by atoms with van der Waals surface area (Å²) in [7, 11) is 0. The van der Waals surface area contributed by atoms with Gasteiger partial charge in [0, 0.05) is 30.2 Å². The van der Waals surface area contributed by atoms with Gasteiger partial charge in [-0.25, -0.2) is 9.97 Å². The third-order valence-electron chi connectivity index (χ3n) is 4.38. The van der Waals surface area contributed by atoms with Crippen LogP contribution in [0.2, 0.25) is 0 Å². The molecule has 0 bridgehead atoms. The van der Waals surface area contributed by atoms with Crippen molar-refractivity contribution in [1.29, 1.82) is 0 Å². The summed E-state index contributed by atoms with van der Waals surface area (Å²) in [6.45, 7) is 5.09. The van der Waals surface area contributed by atoms with E-state index in [1.54, 1.807) is 11.3 Å². The standard InChI is InChI=1S/C16H19F3N4OS/c1-11-20-7-13(25-11)9-22-4-2-12(3-5-22)8-23-10-21-14(6-15(23)24)16(17,18)19/h6-7,10,12H,2-5,8-9H2,1H3. The Morgan fingerprint density at radius 2 is 2.00 bits per heavy atom. The van der Waals surface area contributed by atoms with Crippen LogP contribution in [0.25, 0.3) is 0 Å². The van der Waals surface area contributed by atoms with E-state index in [4.69, 9.17) is 0 Å². The summed E-state index contributed by atoms with van der Waals surface area (Å²) >= 11 is 1.69. The molecule has 0 aliphatic carbocycles. The molecule has 0 unspecified atom stereocenters. The lowest BCUT2D eigenvalue weighted by Crippen LogP contribution is -2.36. The van der Waals surface area contributed by atoms with Crippen molar-refractivity contribution in [3.8, 4) is 0 Å². The molecule has 5 nitrogen and oxygen atoms in total. The monoisotopic (exact) mass is 372 g/mol. The molecule has 0 saturated carbocycles. The van der Waals surface area contributed by atoms with Crippen LogP contribution in [0.3, 0.4) is 0 Å². The molecule has 3 heterocycles. The Morgan fingerprint density at radius 3 is 2.56 bits per heavy atom. The number of alkyl halides is 3. The maximum Gasteiger partial charge on any atom is 0.433 e. The van der Waals surface area contributed by atoms with Gasteiger partial charge in [-0.2, -0.15) is 13.2 Å². The van der Waals surface area contributed by atoms with Gasteiger partial charge in [-0.1, -0.05) is 0 Å². The first-order chi connectivity index (χ1) is 11.8. The lowest BCUT2D eigenvalue weighted by atomic mass is 9.96. The fraction of sp³-hybridized carbons (Fsp3) is 0.562. The zero-order valence-corrected chi connectivity index (χ0v) is 14.6. The Hall–Kier alpha value is -1.74. The summed E-state index contributed by atoms with van der Waals surface area (Å²) in [5.74, 6) is 0.274. The summed E-state index contributed by atoms with van der Waals surface area (Å²) in [5.41, 5.74) is -1.78. The van der Waals surface area contributed by atoms with Crippen LogP contribution in [-0.4, -0.2) is 32.5 Å². The number of piperidine rings is 1. The highest BCUT2D eigenvalue weighted by molar-refractivity contribution is 7.11. The van der Waals surface area contributed by atoms with Crippen molar-refractivity contribution in [1.82, 2.24) is 19.4 Å². The highest BCUT2D eigenvalue weighted by Gasteiger charge is 2.33. The Kier molecular flexibility index (Phi) is 5.24. The van der Waals surface area contributed by atoms with E-state index in [9.17, 15) is 18.0 Å². The highest BCUT2D eigenvalue weighted by atomic mass is 32.1. The largest absolute Gasteiger partial charge is 0.433 e. The minimum Gasteiger partial charge on any atom is -0.299 e. The molecule has 0 spiro atoms. The van der Waals surface area contributed by atoms with Gasteiger partial charge in [0.1, 0.15) is 0 Å². The number of nitrogens with zero attached hydrogens (tertiary/aromatic N) is 4. The third-order valence-corrected chi connectivity index (χ3v) is 5.28. The maximum atomic E-state index is 12.6. The fourth-order valence-electron chi connectivity index (χ4n) is 3.02. The van der Waals surface area contributed by atoms with Crippen molar-refractivity contribution in [3.63, 3.8) is 0 Å². The molecule has 1 fully saturated rings. The van der Waals surface area contributed by atoms with Crippen molar-refractivity contribution in [2.24, 2.45) is 5.92 Å². The van der Waals surface area contributed by atoms with Gasteiger partial charge in [-0.05, 0) is 38.8 Å². The second kappa shape index (κ2) is 7.25. The molecule has 1 aliphatic rings. The minimum atomic E-state index is -4.58. The van der Waals surface area contributed by atoms with Gasteiger partial charge in [0.2, 0.25) is 0 Å². The third kappa shape index (κ3) is 4.66. The molecule has 25 heavy (non-hydrogen) atoms. The molecule has 0 amide bonds. The second-order valence-electron chi connectivity index (χ2n) is 6.33. The maximum absolute atomic E-state index is 12.6. The number of halogens is 3. The lowest BCUT2D eigenvalue weighted by molar-refractivity contribution is -0.141. The lowest BCUT2D eigenvalue weighted by Gasteiger charge is -2.31. The van der Waals surface area contributed by atoms with Crippen molar-refractivity contribution in [2.75, 3.05) is 13.1 Å². The Labute approximate surface area is 147 Å². The molecule has 1 aliphatic heterocycles. The number of aromatic nitrogens is 3. The fourth-order valence-corrected chi connectivity index (χ4v) is 3.86. The van der Waals surface area contributed by atoms with E-state index < -0.39 is 17.4 Å². The van der Waals surface area contributed by atoms with Crippen LogP contribution >= 0.6 is 11.3 Å². The summed E-state index contributed by atoms with van der Waals surface area (Å²) in [5, 5.41) is 1.05. The SMILES string of the molecule is Cc1ncc(CN2CCC(Cn3cnc(C(F)(F)F)cc3=O)CC2)s1. The highest BCUT2D eigenvalue weighted by Crippen LogP contribution is 2.26. The smallest absolute Gasteiger partial charge is 0.299 e. The van der Waals surface area contributed by atoms with E-state index in [1.807, 2.05) is 13.1 Å². The molecular weight excluding hydrogens is 353 g/mol. The van der Waals surface area contributed by atoms with Gasteiger partial charge in [0.05, 0.1) is 11.3 Å². The molecule has 0 radical (unpaired) electrons. The molecule has 0 aromatic carbocycles. The van der Waals surface area contributed by atoms with Crippen LogP contribution in [-0.2, 0) is 19.3 Å². The van der Waals surface area contributed by atoms with Gasteiger partial charge in [0.15, 0.2) is 5.69 Å². The zero-order valence-electron chi connectivity index (χ0n) is 13.8. The molecule has 2 aromatic rings. The Bertz CT molecular complexity index is 778. The first-order valence-electron chi connectivity index (χ1n) is 8.08. The molecule has 0 N–H and O–H groups in total. The summed E-state index contributed by atoms with van der Waals surface area (Å²) < 4.78 is 39.0. The summed E-state index contributed by atoms with van der Waals surface area (Å²) in [4.78, 5) is 23.1. The van der Waals surface area contributed by atoms with Crippen molar-refractivity contribution in [3.05, 3.63) is 44.5 Å². The van der Waals surface area contributed by atoms with E-state index in [-0.39, 0.29) is 5.92 Å². The number of hydrogen-bond acceptors (Lipinski definition) is 5. The first kappa shape index (κ1) is 18.1. The van der Waals surface area contributed by atoms with E-state index in [1.165, 1.54) is 9.44 Å². The minimum absolute atomic E-state index is 0.274. The first-order valence-corrected chi connectivity index (χ1v) is 8.90. The number of hydrogen-bond donors (Lipinski definition) is 0. The topological polar surface area (TPSA) is 51.0 Å². The molecule has 2 aromatic heterocycles. The van der Waals surface area contributed by atoms with E-state index in [2.05, 4.69) is 14.9 Å². The van der Waals surface area contributed by atoms with Crippen LogP contribution < -0.4 is 5.56 Å². The van der Waals surface area contributed by atoms with Gasteiger partial charge < -0.3 is 0 Å². The Morgan fingerprint density at radius 1 is 1.28 bits per heavy atom. The normalized spacial score (nSPS) is 17.1. The molecular formula is C16H19F3N4OS. The van der Waals surface area contributed by atoms with Crippen LogP contribution in [0.4, 0.5) is 13.2 Å². The van der Waals surface area contributed by atoms with Crippen molar-refractivity contribution < 1.29 is 13.2 Å². The molecule has 136 valence electrons. The average molecular weight is 372 g/mol. The Balaban J connectivity index is 1.54. The van der Waals surface area contributed by atoms with Gasteiger partial charge in [-0.3, -0.25) is 14.3 Å². The van der Waals surface area contributed by atoms with Gasteiger partial charge in [-0.15, -0.1) is 11.3 Å². The molecule has 9 heteroatoms. The van der Waals surface area contributed by atoms with Crippen molar-refractivity contribution >= 4 is 11.3 Å². The molecule has 1 saturated heterocycles.